The number of benzene rings is 1. The van der Waals surface area contributed by atoms with Gasteiger partial charge < -0.3 is 4.74 Å². The Morgan fingerprint density at radius 1 is 1.31 bits per heavy atom. The minimum Gasteiger partial charge on any atom is -0.447 e. The molecule has 0 aliphatic carbocycles. The Hall–Kier alpha value is -1.61. The van der Waals surface area contributed by atoms with Crippen LogP contribution in [0.2, 0.25) is 0 Å². The molecule has 1 aromatic rings. The summed E-state index contributed by atoms with van der Waals surface area (Å²) in [5, 5.41) is 0. The van der Waals surface area contributed by atoms with Crippen molar-refractivity contribution in [3.05, 3.63) is 41.5 Å². The Labute approximate surface area is 95.9 Å². The van der Waals surface area contributed by atoms with Crippen molar-refractivity contribution >= 4 is 11.5 Å². The normalized spacial score (nSPS) is 11.9. The van der Waals surface area contributed by atoms with Gasteiger partial charge in [0.15, 0.2) is 0 Å². The van der Waals surface area contributed by atoms with E-state index >= 15 is 0 Å². The van der Waals surface area contributed by atoms with Gasteiger partial charge in [0.2, 0.25) is 0 Å². The molecule has 0 aliphatic heterocycles. The van der Waals surface area contributed by atoms with Crippen molar-refractivity contribution in [2.75, 3.05) is 6.73 Å². The van der Waals surface area contributed by atoms with Gasteiger partial charge in [0.1, 0.15) is 6.73 Å². The maximum Gasteiger partial charge on any atom is 0.335 e. The molecule has 0 aromatic heterocycles. The fraction of sp³-hybridized carbons (Fsp3) is 0.308. The van der Waals surface area contributed by atoms with Crippen molar-refractivity contribution in [3.63, 3.8) is 0 Å². The summed E-state index contributed by atoms with van der Waals surface area (Å²) in [4.78, 5) is 11.6. The van der Waals surface area contributed by atoms with E-state index < -0.39 is 0 Å². The topological polar surface area (TPSA) is 52.3 Å². The molecule has 0 radical (unpaired) electrons. The lowest BCUT2D eigenvalue weighted by atomic mass is 9.98. The van der Waals surface area contributed by atoms with Crippen LogP contribution < -0.4 is 5.73 Å². The molecule has 0 saturated heterocycles. The zero-order valence-electron chi connectivity index (χ0n) is 9.69. The second-order valence-corrected chi connectivity index (χ2v) is 3.42. The minimum absolute atomic E-state index is 0.0814. The van der Waals surface area contributed by atoms with Crippen molar-refractivity contribution in [1.82, 2.24) is 0 Å². The Balaban J connectivity index is 3.05. The molecule has 0 unspecified atom stereocenters. The highest BCUT2D eigenvalue weighted by Gasteiger charge is 2.11. The number of hydrogen-bond acceptors (Lipinski definition) is 3. The van der Waals surface area contributed by atoms with E-state index in [-0.39, 0.29) is 12.7 Å². The SMILES string of the molecule is CCC(=C(C)C(=O)OCN)c1ccccc1. The molecular formula is C13H17NO2. The van der Waals surface area contributed by atoms with E-state index in [1.807, 2.05) is 37.3 Å². The summed E-state index contributed by atoms with van der Waals surface area (Å²) < 4.78 is 4.79. The van der Waals surface area contributed by atoms with Gasteiger partial charge in [-0.1, -0.05) is 37.3 Å². The van der Waals surface area contributed by atoms with Crippen LogP contribution in [0.5, 0.6) is 0 Å². The number of nitrogens with two attached hydrogens (primary N) is 1. The molecule has 1 rings (SSSR count). The summed E-state index contributed by atoms with van der Waals surface area (Å²) >= 11 is 0. The monoisotopic (exact) mass is 219 g/mol. The van der Waals surface area contributed by atoms with Gasteiger partial charge in [-0.15, -0.1) is 0 Å². The predicted octanol–water partition coefficient (Wildman–Crippen LogP) is 2.33. The van der Waals surface area contributed by atoms with Gasteiger partial charge in [-0.2, -0.15) is 0 Å². The van der Waals surface area contributed by atoms with Gasteiger partial charge in [-0.25, -0.2) is 4.79 Å². The summed E-state index contributed by atoms with van der Waals surface area (Å²) in [7, 11) is 0. The van der Waals surface area contributed by atoms with Crippen LogP contribution in [0, 0.1) is 0 Å². The second kappa shape index (κ2) is 6.08. The lowest BCUT2D eigenvalue weighted by Gasteiger charge is -2.09. The summed E-state index contributed by atoms with van der Waals surface area (Å²) in [5.41, 5.74) is 7.86. The average molecular weight is 219 g/mol. The van der Waals surface area contributed by atoms with Crippen molar-refractivity contribution in [1.29, 1.82) is 0 Å². The first kappa shape index (κ1) is 12.5. The molecular weight excluding hydrogens is 202 g/mol. The van der Waals surface area contributed by atoms with E-state index in [2.05, 4.69) is 0 Å². The molecule has 0 amide bonds. The van der Waals surface area contributed by atoms with Gasteiger partial charge in [0.25, 0.3) is 0 Å². The summed E-state index contributed by atoms with van der Waals surface area (Å²) in [6.45, 7) is 3.70. The molecule has 3 heteroatoms. The van der Waals surface area contributed by atoms with Gasteiger partial charge in [0, 0.05) is 5.57 Å². The second-order valence-electron chi connectivity index (χ2n) is 3.42. The molecule has 2 N–H and O–H groups in total. The third kappa shape index (κ3) is 2.94. The zero-order chi connectivity index (χ0) is 12.0. The number of rotatable bonds is 4. The molecule has 0 bridgehead atoms. The van der Waals surface area contributed by atoms with Gasteiger partial charge in [-0.3, -0.25) is 5.73 Å². The van der Waals surface area contributed by atoms with Crippen molar-refractivity contribution in [2.24, 2.45) is 5.73 Å². The summed E-state index contributed by atoms with van der Waals surface area (Å²) in [6, 6.07) is 9.82. The first-order valence-electron chi connectivity index (χ1n) is 5.33. The van der Waals surface area contributed by atoms with E-state index in [4.69, 9.17) is 10.5 Å². The van der Waals surface area contributed by atoms with Crippen LogP contribution in [0.4, 0.5) is 0 Å². The summed E-state index contributed by atoms with van der Waals surface area (Å²) in [5.74, 6) is -0.344. The van der Waals surface area contributed by atoms with Crippen LogP contribution in [0.25, 0.3) is 5.57 Å². The van der Waals surface area contributed by atoms with Crippen molar-refractivity contribution in [3.8, 4) is 0 Å². The third-order valence-electron chi connectivity index (χ3n) is 2.45. The van der Waals surface area contributed by atoms with Crippen LogP contribution >= 0.6 is 0 Å². The standard InChI is InChI=1S/C13H17NO2/c1-3-12(10(2)13(15)16-9-14)11-7-5-4-6-8-11/h4-8H,3,9,14H2,1-2H3. The number of esters is 1. The number of allylic oxidation sites excluding steroid dienone is 1. The zero-order valence-corrected chi connectivity index (χ0v) is 9.69. The highest BCUT2D eigenvalue weighted by Crippen LogP contribution is 2.22. The Morgan fingerprint density at radius 3 is 2.44 bits per heavy atom. The van der Waals surface area contributed by atoms with Gasteiger partial charge in [0.05, 0.1) is 0 Å². The fourth-order valence-corrected chi connectivity index (χ4v) is 1.63. The maximum atomic E-state index is 11.6. The highest BCUT2D eigenvalue weighted by molar-refractivity contribution is 5.97. The van der Waals surface area contributed by atoms with E-state index in [9.17, 15) is 4.79 Å². The lowest BCUT2D eigenvalue weighted by molar-refractivity contribution is -0.138. The lowest BCUT2D eigenvalue weighted by Crippen LogP contribution is -2.13. The summed E-state index contributed by atoms with van der Waals surface area (Å²) in [6.07, 6.45) is 0.787. The molecule has 0 saturated carbocycles. The van der Waals surface area contributed by atoms with Gasteiger partial charge in [-0.05, 0) is 24.5 Å². The molecule has 86 valence electrons. The van der Waals surface area contributed by atoms with Crippen LogP contribution in [0.3, 0.4) is 0 Å². The first-order chi connectivity index (χ1) is 7.70. The predicted molar refractivity (Wildman–Crippen MR) is 64.5 cm³/mol. The van der Waals surface area contributed by atoms with Crippen molar-refractivity contribution < 1.29 is 9.53 Å². The van der Waals surface area contributed by atoms with Crippen molar-refractivity contribution in [2.45, 2.75) is 20.3 Å². The van der Waals surface area contributed by atoms with Crippen LogP contribution in [0.1, 0.15) is 25.8 Å². The Morgan fingerprint density at radius 2 is 1.94 bits per heavy atom. The minimum atomic E-state index is -0.344. The maximum absolute atomic E-state index is 11.6. The highest BCUT2D eigenvalue weighted by atomic mass is 16.5. The van der Waals surface area contributed by atoms with Gasteiger partial charge >= 0.3 is 5.97 Å². The number of carbonyl (C=O) groups is 1. The number of hydrogen-bond donors (Lipinski definition) is 1. The molecule has 0 heterocycles. The first-order valence-corrected chi connectivity index (χ1v) is 5.33. The van der Waals surface area contributed by atoms with E-state index in [0.29, 0.717) is 5.57 Å². The molecule has 0 spiro atoms. The van der Waals surface area contributed by atoms with Crippen LogP contribution in [0.15, 0.2) is 35.9 Å². The largest absolute Gasteiger partial charge is 0.447 e. The molecule has 1 aromatic carbocycles. The number of carbonyl (C=O) groups excluding carboxylic acids is 1. The van der Waals surface area contributed by atoms with E-state index in [1.54, 1.807) is 6.92 Å². The van der Waals surface area contributed by atoms with E-state index in [0.717, 1.165) is 17.6 Å². The van der Waals surface area contributed by atoms with E-state index in [1.165, 1.54) is 0 Å². The smallest absolute Gasteiger partial charge is 0.335 e. The average Bonchev–Trinajstić information content (AvgIpc) is 2.31. The third-order valence-corrected chi connectivity index (χ3v) is 2.45. The Kier molecular flexibility index (Phi) is 4.73. The fourth-order valence-electron chi connectivity index (χ4n) is 1.63. The molecule has 0 fully saturated rings. The quantitative estimate of drug-likeness (QED) is 0.480. The molecule has 16 heavy (non-hydrogen) atoms. The molecule has 0 aliphatic rings. The van der Waals surface area contributed by atoms with Crippen LogP contribution in [-0.2, 0) is 9.53 Å². The molecule has 3 nitrogen and oxygen atoms in total. The number of ether oxygens (including phenoxy) is 1. The Bertz CT molecular complexity index is 382. The molecule has 0 atom stereocenters. The van der Waals surface area contributed by atoms with Crippen LogP contribution in [-0.4, -0.2) is 12.7 Å².